The SMILES string of the molecule is C=C(Cc1ccc(C)cc1C(CC)(CCC)CCC)c1c(F)cccc1F. The van der Waals surface area contributed by atoms with Gasteiger partial charge in [0.25, 0.3) is 0 Å². The Morgan fingerprint density at radius 1 is 0.963 bits per heavy atom. The largest absolute Gasteiger partial charge is 0.206 e. The number of allylic oxidation sites excluding steroid dienone is 1. The molecule has 0 unspecified atom stereocenters. The van der Waals surface area contributed by atoms with Crippen molar-refractivity contribution in [1.29, 1.82) is 0 Å². The molecule has 0 aromatic heterocycles. The third-order valence-corrected chi connectivity index (χ3v) is 5.69. The topological polar surface area (TPSA) is 0 Å². The average molecular weight is 371 g/mol. The van der Waals surface area contributed by atoms with Crippen LogP contribution >= 0.6 is 0 Å². The molecule has 0 aliphatic rings. The summed E-state index contributed by atoms with van der Waals surface area (Å²) in [6, 6.07) is 10.5. The van der Waals surface area contributed by atoms with Gasteiger partial charge in [-0.3, -0.25) is 0 Å². The van der Waals surface area contributed by atoms with E-state index in [1.807, 2.05) is 0 Å². The fraction of sp³-hybridized carbons (Fsp3) is 0.440. The Bertz CT molecular complexity index is 763. The van der Waals surface area contributed by atoms with E-state index < -0.39 is 11.6 Å². The molecule has 2 heteroatoms. The highest BCUT2D eigenvalue weighted by atomic mass is 19.1. The van der Waals surface area contributed by atoms with Gasteiger partial charge in [0.05, 0.1) is 0 Å². The van der Waals surface area contributed by atoms with E-state index in [-0.39, 0.29) is 11.0 Å². The minimum Gasteiger partial charge on any atom is -0.206 e. The molecule has 0 aliphatic heterocycles. The summed E-state index contributed by atoms with van der Waals surface area (Å²) in [5, 5.41) is 0. The molecule has 0 heterocycles. The molecular weight excluding hydrogens is 338 g/mol. The van der Waals surface area contributed by atoms with Crippen molar-refractivity contribution < 1.29 is 8.78 Å². The molecule has 2 aromatic carbocycles. The molecule has 146 valence electrons. The smallest absolute Gasteiger partial charge is 0.133 e. The molecule has 0 atom stereocenters. The molecule has 0 N–H and O–H groups in total. The molecule has 0 spiro atoms. The van der Waals surface area contributed by atoms with E-state index in [1.165, 1.54) is 29.3 Å². The Labute approximate surface area is 163 Å². The van der Waals surface area contributed by atoms with Gasteiger partial charge in [0, 0.05) is 5.56 Å². The second kappa shape index (κ2) is 9.30. The lowest BCUT2D eigenvalue weighted by atomic mass is 9.69. The normalized spacial score (nSPS) is 11.6. The van der Waals surface area contributed by atoms with E-state index in [0.717, 1.165) is 37.7 Å². The maximum absolute atomic E-state index is 14.2. The number of aryl methyl sites for hydroxylation is 1. The Kier molecular flexibility index (Phi) is 7.35. The van der Waals surface area contributed by atoms with E-state index >= 15 is 0 Å². The number of halogens is 2. The van der Waals surface area contributed by atoms with E-state index in [4.69, 9.17) is 0 Å². The zero-order valence-corrected chi connectivity index (χ0v) is 17.2. The first-order valence-electron chi connectivity index (χ1n) is 10.1. The second-order valence-electron chi connectivity index (χ2n) is 7.67. The van der Waals surface area contributed by atoms with Crippen LogP contribution in [-0.2, 0) is 11.8 Å². The summed E-state index contributed by atoms with van der Waals surface area (Å²) in [7, 11) is 0. The first-order chi connectivity index (χ1) is 12.9. The summed E-state index contributed by atoms with van der Waals surface area (Å²) < 4.78 is 28.4. The van der Waals surface area contributed by atoms with Gasteiger partial charge in [-0.25, -0.2) is 8.78 Å². The van der Waals surface area contributed by atoms with Gasteiger partial charge in [-0.15, -0.1) is 0 Å². The Morgan fingerprint density at radius 2 is 1.56 bits per heavy atom. The lowest BCUT2D eigenvalue weighted by Crippen LogP contribution is -2.27. The monoisotopic (exact) mass is 370 g/mol. The first kappa shape index (κ1) is 21.3. The van der Waals surface area contributed by atoms with E-state index in [0.29, 0.717) is 12.0 Å². The molecule has 0 fully saturated rings. The molecule has 0 bridgehead atoms. The van der Waals surface area contributed by atoms with E-state index in [2.05, 4.69) is 52.5 Å². The predicted molar refractivity (Wildman–Crippen MR) is 112 cm³/mol. The number of hydrogen-bond acceptors (Lipinski definition) is 0. The second-order valence-corrected chi connectivity index (χ2v) is 7.67. The molecule has 0 radical (unpaired) electrons. The van der Waals surface area contributed by atoms with Crippen molar-refractivity contribution >= 4 is 5.57 Å². The quantitative estimate of drug-likeness (QED) is 0.423. The van der Waals surface area contributed by atoms with Gasteiger partial charge in [0.2, 0.25) is 0 Å². The van der Waals surface area contributed by atoms with Crippen molar-refractivity contribution in [2.45, 2.75) is 71.6 Å². The van der Waals surface area contributed by atoms with E-state index in [9.17, 15) is 8.78 Å². The highest BCUT2D eigenvalue weighted by molar-refractivity contribution is 5.67. The van der Waals surface area contributed by atoms with Crippen LogP contribution in [0.5, 0.6) is 0 Å². The van der Waals surface area contributed by atoms with Crippen LogP contribution in [0.1, 0.15) is 75.1 Å². The van der Waals surface area contributed by atoms with Crippen LogP contribution in [0.2, 0.25) is 0 Å². The van der Waals surface area contributed by atoms with Crippen molar-refractivity contribution in [3.05, 3.63) is 76.9 Å². The Morgan fingerprint density at radius 3 is 2.07 bits per heavy atom. The van der Waals surface area contributed by atoms with Crippen LogP contribution in [0, 0.1) is 18.6 Å². The third-order valence-electron chi connectivity index (χ3n) is 5.69. The maximum Gasteiger partial charge on any atom is 0.133 e. The summed E-state index contributed by atoms with van der Waals surface area (Å²) in [6.45, 7) is 12.8. The van der Waals surface area contributed by atoms with Crippen LogP contribution in [0.4, 0.5) is 8.78 Å². The maximum atomic E-state index is 14.2. The molecule has 27 heavy (non-hydrogen) atoms. The van der Waals surface area contributed by atoms with Crippen molar-refractivity contribution in [3.63, 3.8) is 0 Å². The van der Waals surface area contributed by atoms with Crippen LogP contribution in [0.25, 0.3) is 5.57 Å². The van der Waals surface area contributed by atoms with Gasteiger partial charge in [-0.05, 0) is 66.9 Å². The molecular formula is C25H32F2. The summed E-state index contributed by atoms with van der Waals surface area (Å²) in [5.74, 6) is -1.09. The van der Waals surface area contributed by atoms with Crippen LogP contribution in [0.15, 0.2) is 43.0 Å². The summed E-state index contributed by atoms with van der Waals surface area (Å²) in [4.78, 5) is 0. The van der Waals surface area contributed by atoms with Crippen molar-refractivity contribution in [3.8, 4) is 0 Å². The molecule has 2 aromatic rings. The fourth-order valence-corrected chi connectivity index (χ4v) is 4.39. The van der Waals surface area contributed by atoms with Gasteiger partial charge in [0.15, 0.2) is 0 Å². The summed E-state index contributed by atoms with van der Waals surface area (Å²) in [6.07, 6.45) is 5.99. The Balaban J connectivity index is 2.50. The number of benzene rings is 2. The van der Waals surface area contributed by atoms with Crippen LogP contribution in [0.3, 0.4) is 0 Å². The number of rotatable bonds is 9. The molecule has 2 rings (SSSR count). The molecule has 0 amide bonds. The van der Waals surface area contributed by atoms with Crippen LogP contribution in [-0.4, -0.2) is 0 Å². The zero-order valence-electron chi connectivity index (χ0n) is 17.2. The predicted octanol–water partition coefficient (Wildman–Crippen LogP) is 7.78. The lowest BCUT2D eigenvalue weighted by molar-refractivity contribution is 0.341. The molecule has 0 aliphatic carbocycles. The number of hydrogen-bond donors (Lipinski definition) is 0. The molecule has 0 saturated heterocycles. The molecule has 0 nitrogen and oxygen atoms in total. The van der Waals surface area contributed by atoms with Crippen molar-refractivity contribution in [1.82, 2.24) is 0 Å². The summed E-state index contributed by atoms with van der Waals surface area (Å²) >= 11 is 0. The van der Waals surface area contributed by atoms with Crippen LogP contribution < -0.4 is 0 Å². The average Bonchev–Trinajstić information content (AvgIpc) is 2.63. The summed E-state index contributed by atoms with van der Waals surface area (Å²) in [5.41, 5.74) is 4.30. The van der Waals surface area contributed by atoms with Gasteiger partial charge >= 0.3 is 0 Å². The standard InChI is InChI=1S/C25H32F2/c1-6-14-25(8-3,15-7-2)21-16-18(4)12-13-20(21)17-19(5)24-22(26)10-9-11-23(24)27/h9-13,16H,5-8,14-15,17H2,1-4H3. The highest BCUT2D eigenvalue weighted by Crippen LogP contribution is 2.41. The van der Waals surface area contributed by atoms with Gasteiger partial charge in [-0.1, -0.05) is 70.0 Å². The zero-order chi connectivity index (χ0) is 20.0. The molecule has 0 saturated carbocycles. The minimum atomic E-state index is -0.544. The van der Waals surface area contributed by atoms with Gasteiger partial charge in [-0.2, -0.15) is 0 Å². The first-order valence-corrected chi connectivity index (χ1v) is 10.1. The van der Waals surface area contributed by atoms with E-state index in [1.54, 1.807) is 0 Å². The van der Waals surface area contributed by atoms with Crippen molar-refractivity contribution in [2.75, 3.05) is 0 Å². The van der Waals surface area contributed by atoms with Gasteiger partial charge < -0.3 is 0 Å². The minimum absolute atomic E-state index is 0.0112. The Hall–Kier alpha value is -1.96. The third kappa shape index (κ3) is 4.66. The van der Waals surface area contributed by atoms with Crippen molar-refractivity contribution in [2.24, 2.45) is 0 Å². The lowest BCUT2D eigenvalue weighted by Gasteiger charge is -2.36. The highest BCUT2D eigenvalue weighted by Gasteiger charge is 2.31. The van der Waals surface area contributed by atoms with Gasteiger partial charge in [0.1, 0.15) is 11.6 Å². The fourth-order valence-electron chi connectivity index (χ4n) is 4.39.